The fraction of sp³-hybridized carbons (Fsp3) is 0.800. The minimum absolute atomic E-state index is 0.109. The summed E-state index contributed by atoms with van der Waals surface area (Å²) in [7, 11) is 0. The summed E-state index contributed by atoms with van der Waals surface area (Å²) >= 11 is 0. The summed E-state index contributed by atoms with van der Waals surface area (Å²) in [4.78, 5) is 2.37. The maximum Gasteiger partial charge on any atom is 0.233 e. The highest BCUT2D eigenvalue weighted by Gasteiger charge is 2.66. The van der Waals surface area contributed by atoms with Crippen LogP contribution >= 0.6 is 0 Å². The molecule has 5 rings (SSSR count). The van der Waals surface area contributed by atoms with E-state index in [2.05, 4.69) is 15.2 Å². The molecule has 3 atom stereocenters. The summed E-state index contributed by atoms with van der Waals surface area (Å²) < 4.78 is 11.8. The van der Waals surface area contributed by atoms with E-state index < -0.39 is 0 Å². The Morgan fingerprint density at radius 1 is 1.23 bits per heavy atom. The Balaban J connectivity index is 1.63. The maximum absolute atomic E-state index is 13.3. The zero-order chi connectivity index (χ0) is 14.7. The Labute approximate surface area is 128 Å². The molecule has 1 saturated heterocycles. The molecule has 0 amide bonds. The Kier molecular flexibility index (Phi) is 2.67. The van der Waals surface area contributed by atoms with Crippen LogP contribution in [0.1, 0.15) is 43.0 Å². The molecule has 1 saturated carbocycles. The van der Waals surface area contributed by atoms with Crippen molar-refractivity contribution in [3.05, 3.63) is 16.6 Å². The number of nitrogens with zero attached hydrogens (tertiary/aromatic N) is 4. The van der Waals surface area contributed by atoms with Gasteiger partial charge in [0, 0.05) is 32.4 Å². The van der Waals surface area contributed by atoms with Crippen molar-refractivity contribution in [2.24, 2.45) is 5.92 Å². The molecular formula is C15H20N4O3. The second kappa shape index (κ2) is 4.52. The van der Waals surface area contributed by atoms with Gasteiger partial charge < -0.3 is 9.94 Å². The van der Waals surface area contributed by atoms with Crippen molar-refractivity contribution >= 4 is 5.71 Å². The Bertz CT molecular complexity index is 636. The molecule has 118 valence electrons. The van der Waals surface area contributed by atoms with Crippen LogP contribution in [-0.2, 0) is 11.2 Å². The minimum Gasteiger partial charge on any atom is -0.622 e. The van der Waals surface area contributed by atoms with Crippen LogP contribution < -0.4 is 0 Å². The lowest BCUT2D eigenvalue weighted by Crippen LogP contribution is -2.59. The standard InChI is InChI=1S/C15H20N4O3/c20-19-12-4-3-11-14(17-22-16-11)13(12)10-2-1-5-15(10,19)18-6-8-21-9-7-18/h10,13H,1-9H2/t10-,13-,15+/m0/s1. The van der Waals surface area contributed by atoms with Crippen LogP contribution in [0.4, 0.5) is 0 Å². The maximum atomic E-state index is 13.3. The van der Waals surface area contributed by atoms with Crippen molar-refractivity contribution in [3.63, 3.8) is 0 Å². The third-order valence-corrected chi connectivity index (χ3v) is 6.08. The quantitative estimate of drug-likeness (QED) is 0.566. The molecule has 2 aliphatic carbocycles. The SMILES string of the molecule is [O-][N+]1=C2CCc3nonc3[C@H]2[C@@H]2CCC[C@]21N1CCOCC1. The summed E-state index contributed by atoms with van der Waals surface area (Å²) in [5.74, 6) is 0.418. The van der Waals surface area contributed by atoms with E-state index in [9.17, 15) is 5.21 Å². The van der Waals surface area contributed by atoms with Gasteiger partial charge >= 0.3 is 0 Å². The normalized spacial score (nSPS) is 38.0. The summed E-state index contributed by atoms with van der Waals surface area (Å²) in [6.07, 6.45) is 4.69. The topological polar surface area (TPSA) is 77.5 Å². The Morgan fingerprint density at radius 2 is 2.09 bits per heavy atom. The molecule has 3 heterocycles. The molecule has 1 aromatic heterocycles. The molecule has 0 radical (unpaired) electrons. The lowest BCUT2D eigenvalue weighted by molar-refractivity contribution is -0.583. The van der Waals surface area contributed by atoms with E-state index in [-0.39, 0.29) is 11.6 Å². The molecule has 0 N–H and O–H groups in total. The van der Waals surface area contributed by atoms with Crippen molar-refractivity contribution in [1.82, 2.24) is 15.2 Å². The van der Waals surface area contributed by atoms with Gasteiger partial charge in [0.2, 0.25) is 5.66 Å². The number of aryl methyl sites for hydroxylation is 1. The van der Waals surface area contributed by atoms with Gasteiger partial charge in [0.25, 0.3) is 0 Å². The lowest BCUT2D eigenvalue weighted by atomic mass is 9.77. The van der Waals surface area contributed by atoms with E-state index in [0.29, 0.717) is 5.92 Å². The van der Waals surface area contributed by atoms with E-state index >= 15 is 0 Å². The van der Waals surface area contributed by atoms with Gasteiger partial charge in [-0.1, -0.05) is 10.3 Å². The first-order valence-corrected chi connectivity index (χ1v) is 8.29. The van der Waals surface area contributed by atoms with Crippen LogP contribution in [0.3, 0.4) is 0 Å². The van der Waals surface area contributed by atoms with E-state index in [1.54, 1.807) is 0 Å². The van der Waals surface area contributed by atoms with Crippen molar-refractivity contribution in [1.29, 1.82) is 0 Å². The molecule has 2 fully saturated rings. The summed E-state index contributed by atoms with van der Waals surface area (Å²) in [6, 6.07) is 0. The van der Waals surface area contributed by atoms with Crippen LogP contribution in [0.2, 0.25) is 0 Å². The van der Waals surface area contributed by atoms with Crippen LogP contribution in [0, 0.1) is 11.1 Å². The van der Waals surface area contributed by atoms with E-state index in [1.807, 2.05) is 0 Å². The van der Waals surface area contributed by atoms with E-state index in [4.69, 9.17) is 9.37 Å². The first kappa shape index (κ1) is 13.0. The largest absolute Gasteiger partial charge is 0.622 e. The fourth-order valence-corrected chi connectivity index (χ4v) is 5.24. The number of hydrogen-bond acceptors (Lipinski definition) is 6. The monoisotopic (exact) mass is 304 g/mol. The molecule has 2 aliphatic heterocycles. The number of hydrogen-bond donors (Lipinski definition) is 0. The molecule has 4 aliphatic rings. The third kappa shape index (κ3) is 1.46. The second-order valence-electron chi connectivity index (χ2n) is 6.84. The van der Waals surface area contributed by atoms with Gasteiger partial charge in [0.1, 0.15) is 11.4 Å². The number of aromatic nitrogens is 2. The first-order chi connectivity index (χ1) is 10.8. The Morgan fingerprint density at radius 3 is 2.95 bits per heavy atom. The molecule has 0 aromatic carbocycles. The molecule has 0 unspecified atom stereocenters. The molecule has 7 nitrogen and oxygen atoms in total. The molecule has 0 bridgehead atoms. The predicted molar refractivity (Wildman–Crippen MR) is 76.5 cm³/mol. The number of hydroxylamine groups is 1. The number of ether oxygens (including phenoxy) is 1. The van der Waals surface area contributed by atoms with E-state index in [0.717, 1.165) is 75.5 Å². The smallest absolute Gasteiger partial charge is 0.233 e. The fourth-order valence-electron chi connectivity index (χ4n) is 5.24. The highest BCUT2D eigenvalue weighted by Crippen LogP contribution is 2.54. The second-order valence-corrected chi connectivity index (χ2v) is 6.84. The minimum atomic E-state index is -0.385. The number of morpholine rings is 1. The molecule has 1 aromatic rings. The van der Waals surface area contributed by atoms with Gasteiger partial charge in [-0.15, -0.1) is 0 Å². The zero-order valence-electron chi connectivity index (χ0n) is 12.5. The van der Waals surface area contributed by atoms with Crippen molar-refractivity contribution in [2.75, 3.05) is 26.3 Å². The number of fused-ring (bicyclic) bond motifs is 5. The highest BCUT2D eigenvalue weighted by atomic mass is 16.6. The predicted octanol–water partition coefficient (Wildman–Crippen LogP) is 0.893. The van der Waals surface area contributed by atoms with Gasteiger partial charge in [0.15, 0.2) is 5.71 Å². The summed E-state index contributed by atoms with van der Waals surface area (Å²) in [6.45, 7) is 3.14. The average molecular weight is 304 g/mol. The van der Waals surface area contributed by atoms with E-state index in [1.165, 1.54) is 4.74 Å². The summed E-state index contributed by atoms with van der Waals surface area (Å²) in [5.41, 5.74) is 2.49. The van der Waals surface area contributed by atoms with Crippen LogP contribution in [-0.4, -0.2) is 57.6 Å². The van der Waals surface area contributed by atoms with Gasteiger partial charge in [-0.2, -0.15) is 4.74 Å². The van der Waals surface area contributed by atoms with Crippen molar-refractivity contribution in [2.45, 2.75) is 43.7 Å². The van der Waals surface area contributed by atoms with Crippen LogP contribution in [0.15, 0.2) is 4.63 Å². The molecule has 22 heavy (non-hydrogen) atoms. The van der Waals surface area contributed by atoms with Gasteiger partial charge in [-0.3, -0.25) is 0 Å². The van der Waals surface area contributed by atoms with Crippen molar-refractivity contribution in [3.8, 4) is 0 Å². The molecule has 7 heteroatoms. The first-order valence-electron chi connectivity index (χ1n) is 8.29. The zero-order valence-corrected chi connectivity index (χ0v) is 12.5. The lowest BCUT2D eigenvalue weighted by Gasteiger charge is -2.41. The molecular weight excluding hydrogens is 284 g/mol. The van der Waals surface area contributed by atoms with Crippen LogP contribution in [0.25, 0.3) is 0 Å². The van der Waals surface area contributed by atoms with Gasteiger partial charge in [-0.05, 0) is 12.8 Å². The van der Waals surface area contributed by atoms with Gasteiger partial charge in [-0.25, -0.2) is 9.53 Å². The molecule has 0 spiro atoms. The van der Waals surface area contributed by atoms with Crippen LogP contribution in [0.5, 0.6) is 0 Å². The highest BCUT2D eigenvalue weighted by molar-refractivity contribution is 5.90. The summed E-state index contributed by atoms with van der Waals surface area (Å²) in [5, 5.41) is 21.5. The van der Waals surface area contributed by atoms with Gasteiger partial charge in [0.05, 0.1) is 25.0 Å². The third-order valence-electron chi connectivity index (χ3n) is 6.08. The number of rotatable bonds is 1. The average Bonchev–Trinajstić information content (AvgIpc) is 3.24. The van der Waals surface area contributed by atoms with Crippen molar-refractivity contribution < 1.29 is 14.1 Å². The Hall–Kier alpha value is -1.47.